The van der Waals surface area contributed by atoms with E-state index in [0.29, 0.717) is 29.3 Å². The lowest BCUT2D eigenvalue weighted by atomic mass is 10.2. The molecule has 2 aromatic rings. The maximum Gasteiger partial charge on any atom is 0.224 e. The largest absolute Gasteiger partial charge is 0.495 e. The van der Waals surface area contributed by atoms with Crippen molar-refractivity contribution in [3.8, 4) is 5.75 Å². The van der Waals surface area contributed by atoms with E-state index in [1.807, 2.05) is 18.3 Å². The van der Waals surface area contributed by atoms with Crippen LogP contribution in [-0.2, 0) is 11.2 Å². The Balaban J connectivity index is 1.96. The Morgan fingerprint density at radius 1 is 1.42 bits per heavy atom. The van der Waals surface area contributed by atoms with Crippen LogP contribution in [0.15, 0.2) is 36.5 Å². The highest BCUT2D eigenvalue weighted by Gasteiger charge is 2.08. The zero-order chi connectivity index (χ0) is 13.7. The van der Waals surface area contributed by atoms with Gasteiger partial charge in [-0.1, -0.05) is 11.6 Å². The van der Waals surface area contributed by atoms with Crippen LogP contribution in [0, 0.1) is 0 Å². The predicted molar refractivity (Wildman–Crippen MR) is 75.7 cm³/mol. The molecule has 5 heteroatoms. The topological polar surface area (TPSA) is 54.1 Å². The first-order valence-electron chi connectivity index (χ1n) is 5.94. The number of nitrogens with one attached hydrogen (secondary N) is 2. The number of rotatable bonds is 5. The van der Waals surface area contributed by atoms with Gasteiger partial charge < -0.3 is 15.0 Å². The molecule has 0 aliphatic heterocycles. The van der Waals surface area contributed by atoms with Crippen LogP contribution in [0.5, 0.6) is 5.75 Å². The second-order valence-corrected chi connectivity index (χ2v) is 4.52. The summed E-state index contributed by atoms with van der Waals surface area (Å²) in [4.78, 5) is 14.9. The third-order valence-corrected chi connectivity index (χ3v) is 2.95. The van der Waals surface area contributed by atoms with Crippen molar-refractivity contribution in [2.75, 3.05) is 12.4 Å². The molecule has 19 heavy (non-hydrogen) atoms. The number of amides is 1. The molecule has 0 radical (unpaired) electrons. The van der Waals surface area contributed by atoms with Gasteiger partial charge in [-0.2, -0.15) is 0 Å². The molecular formula is C14H15ClN2O2. The minimum Gasteiger partial charge on any atom is -0.495 e. The summed E-state index contributed by atoms with van der Waals surface area (Å²) in [7, 11) is 1.55. The van der Waals surface area contributed by atoms with Gasteiger partial charge in [-0.15, -0.1) is 0 Å². The Kier molecular flexibility index (Phi) is 4.47. The van der Waals surface area contributed by atoms with Gasteiger partial charge in [0, 0.05) is 23.3 Å². The number of carbonyl (C=O) groups excluding carboxylic acids is 1. The lowest BCUT2D eigenvalue weighted by molar-refractivity contribution is -0.116. The molecule has 0 atom stereocenters. The van der Waals surface area contributed by atoms with E-state index in [2.05, 4.69) is 10.3 Å². The Hall–Kier alpha value is -1.94. The fraction of sp³-hybridized carbons (Fsp3) is 0.214. The van der Waals surface area contributed by atoms with Crippen LogP contribution in [0.25, 0.3) is 0 Å². The van der Waals surface area contributed by atoms with E-state index in [4.69, 9.17) is 16.3 Å². The summed E-state index contributed by atoms with van der Waals surface area (Å²) in [6.45, 7) is 0. The number of carbonyl (C=O) groups is 1. The first-order chi connectivity index (χ1) is 9.19. The predicted octanol–water partition coefficient (Wildman–Crippen LogP) is 3.25. The van der Waals surface area contributed by atoms with Gasteiger partial charge >= 0.3 is 0 Å². The van der Waals surface area contributed by atoms with Gasteiger partial charge in [0.15, 0.2) is 0 Å². The number of hydrogen-bond acceptors (Lipinski definition) is 2. The SMILES string of the molecule is COc1ccc(Cl)cc1NC(=O)CCc1ccc[nH]1. The molecule has 0 fully saturated rings. The summed E-state index contributed by atoms with van der Waals surface area (Å²) in [6, 6.07) is 8.98. The van der Waals surface area contributed by atoms with E-state index in [9.17, 15) is 4.79 Å². The maximum atomic E-state index is 11.9. The van der Waals surface area contributed by atoms with Crippen LogP contribution in [-0.4, -0.2) is 18.0 Å². The molecule has 0 unspecified atom stereocenters. The summed E-state index contributed by atoms with van der Waals surface area (Å²) in [5.41, 5.74) is 1.62. The van der Waals surface area contributed by atoms with E-state index >= 15 is 0 Å². The lowest BCUT2D eigenvalue weighted by Gasteiger charge is -2.10. The maximum absolute atomic E-state index is 11.9. The van der Waals surface area contributed by atoms with Gasteiger partial charge in [-0.3, -0.25) is 4.79 Å². The molecule has 0 bridgehead atoms. The third-order valence-electron chi connectivity index (χ3n) is 2.72. The number of benzene rings is 1. The van der Waals surface area contributed by atoms with E-state index < -0.39 is 0 Å². The Bertz CT molecular complexity index is 553. The minimum atomic E-state index is -0.0739. The normalized spacial score (nSPS) is 10.2. The van der Waals surface area contributed by atoms with Crippen LogP contribution in [0.3, 0.4) is 0 Å². The molecule has 0 saturated carbocycles. The van der Waals surface area contributed by atoms with Gasteiger partial charge in [-0.25, -0.2) is 0 Å². The average Bonchev–Trinajstić information content (AvgIpc) is 2.90. The first-order valence-corrected chi connectivity index (χ1v) is 6.32. The average molecular weight is 279 g/mol. The number of ether oxygens (including phenoxy) is 1. The number of aromatic amines is 1. The second kappa shape index (κ2) is 6.29. The number of hydrogen-bond donors (Lipinski definition) is 2. The highest BCUT2D eigenvalue weighted by molar-refractivity contribution is 6.31. The number of halogens is 1. The summed E-state index contributed by atoms with van der Waals surface area (Å²) in [5.74, 6) is 0.521. The van der Waals surface area contributed by atoms with Gasteiger partial charge in [0.1, 0.15) is 5.75 Å². The van der Waals surface area contributed by atoms with Crippen molar-refractivity contribution in [1.82, 2.24) is 4.98 Å². The molecule has 1 heterocycles. The van der Waals surface area contributed by atoms with Crippen LogP contribution < -0.4 is 10.1 Å². The van der Waals surface area contributed by atoms with Crippen molar-refractivity contribution in [3.63, 3.8) is 0 Å². The molecule has 4 nitrogen and oxygen atoms in total. The highest BCUT2D eigenvalue weighted by atomic mass is 35.5. The molecule has 2 rings (SSSR count). The molecular weight excluding hydrogens is 264 g/mol. The Morgan fingerprint density at radius 3 is 2.95 bits per heavy atom. The fourth-order valence-electron chi connectivity index (χ4n) is 1.76. The number of methoxy groups -OCH3 is 1. The van der Waals surface area contributed by atoms with E-state index in [0.717, 1.165) is 5.69 Å². The zero-order valence-electron chi connectivity index (χ0n) is 10.6. The lowest BCUT2D eigenvalue weighted by Crippen LogP contribution is -2.13. The van der Waals surface area contributed by atoms with Crippen molar-refractivity contribution in [3.05, 3.63) is 47.2 Å². The molecule has 0 saturated heterocycles. The van der Waals surface area contributed by atoms with Crippen LogP contribution in [0.1, 0.15) is 12.1 Å². The van der Waals surface area contributed by atoms with Gasteiger partial charge in [0.05, 0.1) is 12.8 Å². The number of aryl methyl sites for hydroxylation is 1. The summed E-state index contributed by atoms with van der Waals surface area (Å²) in [5, 5.41) is 3.36. The molecule has 0 aliphatic rings. The molecule has 1 amide bonds. The van der Waals surface area contributed by atoms with E-state index in [-0.39, 0.29) is 5.91 Å². The standard InChI is InChI=1S/C14H15ClN2O2/c1-19-13-6-4-10(15)9-12(13)17-14(18)7-5-11-3-2-8-16-11/h2-4,6,8-9,16H,5,7H2,1H3,(H,17,18). The quantitative estimate of drug-likeness (QED) is 0.882. The highest BCUT2D eigenvalue weighted by Crippen LogP contribution is 2.27. The molecule has 0 aliphatic carbocycles. The summed E-state index contributed by atoms with van der Waals surface area (Å²) >= 11 is 5.90. The van der Waals surface area contributed by atoms with E-state index in [1.165, 1.54) is 0 Å². The Morgan fingerprint density at radius 2 is 2.26 bits per heavy atom. The first kappa shape index (κ1) is 13.5. The number of anilines is 1. The van der Waals surface area contributed by atoms with Gasteiger partial charge in [0.2, 0.25) is 5.91 Å². The third kappa shape index (κ3) is 3.76. The molecule has 100 valence electrons. The summed E-state index contributed by atoms with van der Waals surface area (Å²) < 4.78 is 5.17. The molecule has 0 spiro atoms. The van der Waals surface area contributed by atoms with Crippen LogP contribution in [0.4, 0.5) is 5.69 Å². The van der Waals surface area contributed by atoms with Crippen LogP contribution >= 0.6 is 11.6 Å². The second-order valence-electron chi connectivity index (χ2n) is 4.09. The summed E-state index contributed by atoms with van der Waals surface area (Å²) in [6.07, 6.45) is 2.91. The van der Waals surface area contributed by atoms with Crippen molar-refractivity contribution in [1.29, 1.82) is 0 Å². The van der Waals surface area contributed by atoms with Crippen molar-refractivity contribution >= 4 is 23.2 Å². The van der Waals surface area contributed by atoms with Crippen LogP contribution in [0.2, 0.25) is 5.02 Å². The Labute approximate surface area is 116 Å². The number of aromatic nitrogens is 1. The van der Waals surface area contributed by atoms with Crippen molar-refractivity contribution < 1.29 is 9.53 Å². The minimum absolute atomic E-state index is 0.0739. The zero-order valence-corrected chi connectivity index (χ0v) is 11.3. The molecule has 2 N–H and O–H groups in total. The monoisotopic (exact) mass is 278 g/mol. The molecule has 1 aromatic heterocycles. The number of H-pyrrole nitrogens is 1. The van der Waals surface area contributed by atoms with Crippen molar-refractivity contribution in [2.45, 2.75) is 12.8 Å². The fourth-order valence-corrected chi connectivity index (χ4v) is 1.93. The van der Waals surface area contributed by atoms with Gasteiger partial charge in [-0.05, 0) is 36.8 Å². The smallest absolute Gasteiger partial charge is 0.224 e. The van der Waals surface area contributed by atoms with Gasteiger partial charge in [0.25, 0.3) is 0 Å². The van der Waals surface area contributed by atoms with Crippen molar-refractivity contribution in [2.24, 2.45) is 0 Å². The molecule has 1 aromatic carbocycles. The van der Waals surface area contributed by atoms with E-state index in [1.54, 1.807) is 25.3 Å².